The van der Waals surface area contributed by atoms with Crippen molar-refractivity contribution in [2.24, 2.45) is 5.92 Å². The van der Waals surface area contributed by atoms with E-state index in [0.717, 1.165) is 36.8 Å². The molecule has 1 amide bonds. The van der Waals surface area contributed by atoms with Crippen LogP contribution in [0.4, 0.5) is 10.2 Å². The van der Waals surface area contributed by atoms with E-state index in [9.17, 15) is 9.18 Å². The Morgan fingerprint density at radius 1 is 1.37 bits per heavy atom. The fourth-order valence-electron chi connectivity index (χ4n) is 3.64. The largest absolute Gasteiger partial charge is 0.308 e. The SMILES string of the molecule is CN1CCCC(C(=O)Nc2n[nH]c3ccc(-c4c(F)cccc4Cl)cc23)C1. The molecule has 0 bridgehead atoms. The van der Waals surface area contributed by atoms with Crippen LogP contribution in [0.2, 0.25) is 5.02 Å². The van der Waals surface area contributed by atoms with E-state index in [-0.39, 0.29) is 17.6 Å². The zero-order chi connectivity index (χ0) is 19.0. The fourth-order valence-corrected chi connectivity index (χ4v) is 3.91. The highest BCUT2D eigenvalue weighted by Gasteiger charge is 2.25. The minimum absolute atomic E-state index is 0.0377. The normalized spacial score (nSPS) is 18.0. The molecule has 27 heavy (non-hydrogen) atoms. The van der Waals surface area contributed by atoms with E-state index < -0.39 is 0 Å². The number of aromatic nitrogens is 2. The summed E-state index contributed by atoms with van der Waals surface area (Å²) in [6.45, 7) is 1.76. The van der Waals surface area contributed by atoms with Crippen molar-refractivity contribution in [3.05, 3.63) is 47.2 Å². The van der Waals surface area contributed by atoms with Gasteiger partial charge in [-0.25, -0.2) is 4.39 Å². The lowest BCUT2D eigenvalue weighted by Gasteiger charge is -2.28. The summed E-state index contributed by atoms with van der Waals surface area (Å²) in [4.78, 5) is 14.8. The molecule has 2 N–H and O–H groups in total. The number of halogens is 2. The summed E-state index contributed by atoms with van der Waals surface area (Å²) >= 11 is 6.19. The van der Waals surface area contributed by atoms with E-state index in [0.29, 0.717) is 22.0 Å². The molecule has 0 aliphatic carbocycles. The van der Waals surface area contributed by atoms with E-state index in [4.69, 9.17) is 11.6 Å². The third-order valence-corrected chi connectivity index (χ3v) is 5.37. The van der Waals surface area contributed by atoms with E-state index in [2.05, 4.69) is 20.4 Å². The minimum Gasteiger partial charge on any atom is -0.308 e. The fraction of sp³-hybridized carbons (Fsp3) is 0.300. The number of hydrogen-bond acceptors (Lipinski definition) is 3. The van der Waals surface area contributed by atoms with Gasteiger partial charge in [-0.05, 0) is 56.3 Å². The van der Waals surface area contributed by atoms with E-state index in [1.165, 1.54) is 6.07 Å². The van der Waals surface area contributed by atoms with Gasteiger partial charge >= 0.3 is 0 Å². The number of carbonyl (C=O) groups excluding carboxylic acids is 1. The van der Waals surface area contributed by atoms with Crippen molar-refractivity contribution in [3.63, 3.8) is 0 Å². The molecule has 1 unspecified atom stereocenters. The Morgan fingerprint density at radius 2 is 2.22 bits per heavy atom. The van der Waals surface area contributed by atoms with Gasteiger partial charge in [-0.1, -0.05) is 23.7 Å². The molecule has 2 aromatic carbocycles. The maximum Gasteiger partial charge on any atom is 0.229 e. The molecule has 2 heterocycles. The first-order valence-corrected chi connectivity index (χ1v) is 9.32. The lowest BCUT2D eigenvalue weighted by atomic mass is 9.97. The van der Waals surface area contributed by atoms with Crippen molar-refractivity contribution < 1.29 is 9.18 Å². The number of amides is 1. The Morgan fingerprint density at radius 3 is 3.00 bits per heavy atom. The van der Waals surface area contributed by atoms with Crippen LogP contribution in [-0.2, 0) is 4.79 Å². The van der Waals surface area contributed by atoms with Crippen molar-refractivity contribution in [1.29, 1.82) is 0 Å². The van der Waals surface area contributed by atoms with Crippen LogP contribution in [0, 0.1) is 11.7 Å². The Balaban J connectivity index is 1.66. The molecule has 140 valence electrons. The van der Waals surface area contributed by atoms with Gasteiger partial charge in [-0.15, -0.1) is 0 Å². The van der Waals surface area contributed by atoms with Gasteiger partial charge in [0.15, 0.2) is 5.82 Å². The van der Waals surface area contributed by atoms with Gasteiger partial charge in [0.05, 0.1) is 16.5 Å². The molecule has 7 heteroatoms. The first kappa shape index (κ1) is 17.9. The summed E-state index contributed by atoms with van der Waals surface area (Å²) in [5.74, 6) is -0.0253. The summed E-state index contributed by atoms with van der Waals surface area (Å²) in [6.07, 6.45) is 1.88. The minimum atomic E-state index is -0.388. The van der Waals surface area contributed by atoms with Crippen LogP contribution in [0.5, 0.6) is 0 Å². The highest BCUT2D eigenvalue weighted by atomic mass is 35.5. The number of likely N-dealkylation sites (tertiary alicyclic amines) is 1. The molecule has 1 aliphatic rings. The van der Waals surface area contributed by atoms with Crippen molar-refractivity contribution in [2.75, 3.05) is 25.5 Å². The standard InChI is InChI=1S/C20H20ClFN4O/c1-26-9-3-4-13(11-26)20(27)23-19-14-10-12(7-8-17(14)24-25-19)18-15(21)5-2-6-16(18)22/h2,5-8,10,13H,3-4,9,11H2,1H3,(H2,23,24,25,27). The van der Waals surface area contributed by atoms with Crippen LogP contribution in [0.15, 0.2) is 36.4 Å². The van der Waals surface area contributed by atoms with Gasteiger partial charge in [0, 0.05) is 17.5 Å². The molecule has 1 aliphatic heterocycles. The molecule has 0 radical (unpaired) electrons. The number of piperidine rings is 1. The molecular weight excluding hydrogens is 367 g/mol. The van der Waals surface area contributed by atoms with Crippen LogP contribution in [0.25, 0.3) is 22.0 Å². The number of nitrogens with zero attached hydrogens (tertiary/aromatic N) is 2. The van der Waals surface area contributed by atoms with E-state index >= 15 is 0 Å². The van der Waals surface area contributed by atoms with Crippen molar-refractivity contribution in [2.45, 2.75) is 12.8 Å². The van der Waals surface area contributed by atoms with Crippen LogP contribution < -0.4 is 5.32 Å². The van der Waals surface area contributed by atoms with Crippen LogP contribution in [0.3, 0.4) is 0 Å². The first-order valence-electron chi connectivity index (χ1n) is 8.95. The molecule has 1 fully saturated rings. The topological polar surface area (TPSA) is 61.0 Å². The average molecular weight is 387 g/mol. The highest BCUT2D eigenvalue weighted by Crippen LogP contribution is 2.34. The number of nitrogens with one attached hydrogen (secondary N) is 2. The molecule has 0 spiro atoms. The number of H-pyrrole nitrogens is 1. The summed E-state index contributed by atoms with van der Waals surface area (Å²) in [5, 5.41) is 11.1. The third kappa shape index (κ3) is 3.55. The molecular formula is C20H20ClFN4O. The number of carbonyl (C=O) groups is 1. The van der Waals surface area contributed by atoms with Gasteiger partial charge in [-0.3, -0.25) is 9.89 Å². The maximum absolute atomic E-state index is 14.3. The molecule has 1 aromatic heterocycles. The van der Waals surface area contributed by atoms with Crippen LogP contribution in [0.1, 0.15) is 12.8 Å². The maximum atomic E-state index is 14.3. The number of fused-ring (bicyclic) bond motifs is 1. The van der Waals surface area contributed by atoms with Crippen LogP contribution >= 0.6 is 11.6 Å². The second-order valence-corrected chi connectivity index (χ2v) is 7.43. The molecule has 5 nitrogen and oxygen atoms in total. The molecule has 0 saturated carbocycles. The number of rotatable bonds is 3. The lowest BCUT2D eigenvalue weighted by Crippen LogP contribution is -2.38. The molecule has 4 rings (SSSR count). The Kier molecular flexibility index (Phi) is 4.85. The molecule has 3 aromatic rings. The zero-order valence-corrected chi connectivity index (χ0v) is 15.7. The van der Waals surface area contributed by atoms with Gasteiger partial charge < -0.3 is 10.2 Å². The van der Waals surface area contributed by atoms with Crippen molar-refractivity contribution in [1.82, 2.24) is 15.1 Å². The number of hydrogen-bond donors (Lipinski definition) is 2. The summed E-state index contributed by atoms with van der Waals surface area (Å²) < 4.78 is 14.3. The van der Waals surface area contributed by atoms with Gasteiger partial charge in [0.25, 0.3) is 0 Å². The number of benzene rings is 2. The smallest absolute Gasteiger partial charge is 0.229 e. The summed E-state index contributed by atoms with van der Waals surface area (Å²) in [7, 11) is 2.02. The van der Waals surface area contributed by atoms with E-state index in [1.807, 2.05) is 13.1 Å². The predicted molar refractivity (Wildman–Crippen MR) is 105 cm³/mol. The van der Waals surface area contributed by atoms with Gasteiger partial charge in [0.1, 0.15) is 5.82 Å². The van der Waals surface area contributed by atoms with Gasteiger partial charge in [0.2, 0.25) is 5.91 Å². The average Bonchev–Trinajstić information content (AvgIpc) is 3.04. The number of aromatic amines is 1. The van der Waals surface area contributed by atoms with Gasteiger partial charge in [-0.2, -0.15) is 5.10 Å². The second kappa shape index (κ2) is 7.29. The van der Waals surface area contributed by atoms with E-state index in [1.54, 1.807) is 24.3 Å². The Labute approximate surface area is 161 Å². The lowest BCUT2D eigenvalue weighted by molar-refractivity contribution is -0.121. The molecule has 1 atom stereocenters. The van der Waals surface area contributed by atoms with Crippen LogP contribution in [-0.4, -0.2) is 41.1 Å². The first-order chi connectivity index (χ1) is 13.0. The quantitative estimate of drug-likeness (QED) is 0.705. The molecule has 1 saturated heterocycles. The predicted octanol–water partition coefficient (Wildman–Crippen LogP) is 4.30. The second-order valence-electron chi connectivity index (χ2n) is 7.02. The summed E-state index contributed by atoms with van der Waals surface area (Å²) in [5.41, 5.74) is 1.75. The number of anilines is 1. The monoisotopic (exact) mass is 386 g/mol. The summed E-state index contributed by atoms with van der Waals surface area (Å²) in [6, 6.07) is 10.00. The Hall–Kier alpha value is -2.44. The highest BCUT2D eigenvalue weighted by molar-refractivity contribution is 6.33. The third-order valence-electron chi connectivity index (χ3n) is 5.05. The Bertz CT molecular complexity index is 983. The van der Waals surface area contributed by atoms with Crippen molar-refractivity contribution >= 4 is 34.2 Å². The van der Waals surface area contributed by atoms with Crippen molar-refractivity contribution in [3.8, 4) is 11.1 Å². The zero-order valence-electron chi connectivity index (χ0n) is 14.9.